The molecule has 0 unspecified atom stereocenters. The Hall–Kier alpha value is -2.63. The van der Waals surface area contributed by atoms with E-state index in [1.807, 2.05) is 18.2 Å². The molecule has 27 heavy (non-hydrogen) atoms. The summed E-state index contributed by atoms with van der Waals surface area (Å²) in [6, 6.07) is 17.6. The third kappa shape index (κ3) is 4.04. The van der Waals surface area contributed by atoms with Crippen LogP contribution in [0.3, 0.4) is 0 Å². The van der Waals surface area contributed by atoms with Crippen LogP contribution in [0.15, 0.2) is 54.6 Å². The van der Waals surface area contributed by atoms with E-state index in [1.54, 1.807) is 12.1 Å². The van der Waals surface area contributed by atoms with E-state index >= 15 is 0 Å². The van der Waals surface area contributed by atoms with E-state index in [-0.39, 0.29) is 18.2 Å². The Morgan fingerprint density at radius 3 is 2.33 bits per heavy atom. The van der Waals surface area contributed by atoms with Crippen LogP contribution in [-0.4, -0.2) is 28.4 Å². The number of phenols is 1. The number of aromatic nitrogens is 2. The number of hydrogen-bond donors (Lipinski definition) is 3. The van der Waals surface area contributed by atoms with Gasteiger partial charge < -0.3 is 16.2 Å². The highest BCUT2D eigenvalue weighted by Crippen LogP contribution is 2.33. The molecule has 3 aromatic rings. The summed E-state index contributed by atoms with van der Waals surface area (Å²) in [6.45, 7) is 2.16. The number of piperidine rings is 1. The number of rotatable bonds is 3. The van der Waals surface area contributed by atoms with Gasteiger partial charge in [-0.05, 0) is 61.2 Å². The van der Waals surface area contributed by atoms with Crippen molar-refractivity contribution in [3.05, 3.63) is 60.2 Å². The van der Waals surface area contributed by atoms with Gasteiger partial charge in [0, 0.05) is 11.1 Å². The molecular weight excluding hydrogens is 360 g/mol. The first-order valence-corrected chi connectivity index (χ1v) is 8.95. The molecule has 0 radical (unpaired) electrons. The molecule has 0 atom stereocenters. The van der Waals surface area contributed by atoms with Crippen LogP contribution >= 0.6 is 12.4 Å². The summed E-state index contributed by atoms with van der Waals surface area (Å²) >= 11 is 0. The third-order valence-corrected chi connectivity index (χ3v) is 5.03. The zero-order chi connectivity index (χ0) is 17.9. The summed E-state index contributed by atoms with van der Waals surface area (Å²) < 4.78 is 0. The second-order valence-electron chi connectivity index (χ2n) is 6.69. The van der Waals surface area contributed by atoms with Crippen LogP contribution in [0.1, 0.15) is 24.3 Å². The number of phenolic OH excluding ortho intramolecular Hbond substituents is 1. The highest BCUT2D eigenvalue weighted by Gasteiger charge is 2.16. The molecule has 6 heteroatoms. The van der Waals surface area contributed by atoms with Crippen molar-refractivity contribution in [2.45, 2.75) is 18.8 Å². The molecule has 1 fully saturated rings. The summed E-state index contributed by atoms with van der Waals surface area (Å²) in [7, 11) is 0. The molecule has 1 aliphatic heterocycles. The number of anilines is 1. The molecule has 1 saturated heterocycles. The average Bonchev–Trinajstić information content (AvgIpc) is 2.70. The molecule has 2 aromatic carbocycles. The van der Waals surface area contributed by atoms with Crippen molar-refractivity contribution in [2.75, 3.05) is 18.8 Å². The van der Waals surface area contributed by atoms with E-state index in [1.165, 1.54) is 18.4 Å². The molecule has 0 saturated carbocycles. The van der Waals surface area contributed by atoms with Crippen molar-refractivity contribution in [2.24, 2.45) is 0 Å². The Bertz CT molecular complexity index is 908. The van der Waals surface area contributed by atoms with Crippen molar-refractivity contribution in [3.63, 3.8) is 0 Å². The van der Waals surface area contributed by atoms with Crippen molar-refractivity contribution < 1.29 is 5.11 Å². The first-order valence-electron chi connectivity index (χ1n) is 8.95. The molecule has 2 heterocycles. The number of aromatic hydroxyl groups is 1. The number of halogens is 1. The molecule has 0 spiro atoms. The summed E-state index contributed by atoms with van der Waals surface area (Å²) in [6.07, 6.45) is 2.35. The number of benzene rings is 2. The molecule has 5 nitrogen and oxygen atoms in total. The van der Waals surface area contributed by atoms with Gasteiger partial charge in [0.1, 0.15) is 5.75 Å². The fourth-order valence-electron chi connectivity index (χ4n) is 3.54. The minimum atomic E-state index is 0. The summed E-state index contributed by atoms with van der Waals surface area (Å²) in [4.78, 5) is 0. The Kier molecular flexibility index (Phi) is 5.94. The lowest BCUT2D eigenvalue weighted by Gasteiger charge is -2.23. The molecule has 4 rings (SSSR count). The van der Waals surface area contributed by atoms with Crippen LogP contribution in [0.5, 0.6) is 5.75 Å². The van der Waals surface area contributed by atoms with Gasteiger partial charge in [-0.3, -0.25) is 0 Å². The van der Waals surface area contributed by atoms with Gasteiger partial charge in [-0.1, -0.05) is 36.4 Å². The minimum absolute atomic E-state index is 0. The molecule has 1 aromatic heterocycles. The Morgan fingerprint density at radius 2 is 1.63 bits per heavy atom. The predicted octanol–water partition coefficient (Wildman–Crippen LogP) is 3.99. The van der Waals surface area contributed by atoms with Gasteiger partial charge in [-0.15, -0.1) is 22.6 Å². The van der Waals surface area contributed by atoms with Gasteiger partial charge in [0.2, 0.25) is 0 Å². The normalized spacial score (nSPS) is 14.5. The predicted molar refractivity (Wildman–Crippen MR) is 111 cm³/mol. The van der Waals surface area contributed by atoms with Crippen LogP contribution in [0.25, 0.3) is 22.4 Å². The van der Waals surface area contributed by atoms with Gasteiger partial charge >= 0.3 is 0 Å². The van der Waals surface area contributed by atoms with Crippen LogP contribution in [0.2, 0.25) is 0 Å². The first kappa shape index (κ1) is 19.1. The Morgan fingerprint density at radius 1 is 0.926 bits per heavy atom. The second-order valence-corrected chi connectivity index (χ2v) is 6.69. The highest BCUT2D eigenvalue weighted by atomic mass is 35.5. The van der Waals surface area contributed by atoms with Gasteiger partial charge in [0.15, 0.2) is 5.82 Å². The van der Waals surface area contributed by atoms with E-state index < -0.39 is 0 Å². The van der Waals surface area contributed by atoms with Crippen molar-refractivity contribution >= 4 is 18.2 Å². The van der Waals surface area contributed by atoms with Gasteiger partial charge in [0.25, 0.3) is 0 Å². The van der Waals surface area contributed by atoms with Crippen LogP contribution in [0.4, 0.5) is 5.82 Å². The topological polar surface area (TPSA) is 84.1 Å². The van der Waals surface area contributed by atoms with Crippen LogP contribution in [-0.2, 0) is 0 Å². The maximum atomic E-state index is 10.1. The number of nitrogens with two attached hydrogens (primary N) is 1. The fraction of sp³-hybridized carbons (Fsp3) is 0.238. The molecular formula is C21H23ClN4O. The Balaban J connectivity index is 0.00000210. The smallest absolute Gasteiger partial charge is 0.154 e. The van der Waals surface area contributed by atoms with Crippen molar-refractivity contribution in [3.8, 4) is 28.1 Å². The van der Waals surface area contributed by atoms with Crippen molar-refractivity contribution in [1.82, 2.24) is 15.5 Å². The lowest BCUT2D eigenvalue weighted by atomic mass is 9.89. The maximum Gasteiger partial charge on any atom is 0.154 e. The van der Waals surface area contributed by atoms with Crippen LogP contribution < -0.4 is 11.1 Å². The number of para-hydroxylation sites is 1. The molecule has 140 valence electrons. The highest BCUT2D eigenvalue weighted by molar-refractivity contribution is 5.85. The molecule has 0 amide bonds. The number of nitrogens with zero attached hydrogens (tertiary/aromatic N) is 2. The number of nitrogen functional groups attached to an aromatic ring is 1. The monoisotopic (exact) mass is 382 g/mol. The second kappa shape index (κ2) is 8.37. The zero-order valence-electron chi connectivity index (χ0n) is 14.9. The van der Waals surface area contributed by atoms with E-state index in [4.69, 9.17) is 5.73 Å². The Labute approximate surface area is 165 Å². The lowest BCUT2D eigenvalue weighted by molar-refractivity contribution is 0.460. The van der Waals surface area contributed by atoms with Gasteiger partial charge in [-0.25, -0.2) is 0 Å². The van der Waals surface area contributed by atoms with Crippen LogP contribution in [0, 0.1) is 0 Å². The standard InChI is InChI=1S/C21H22N4O.ClH/c22-21-18(13-19(24-25-21)17-3-1-2-4-20(17)26)16-7-5-14(6-8-16)15-9-11-23-12-10-15;/h1-8,13,15,23,26H,9-12H2,(H2,22,25);1H. The van der Waals surface area contributed by atoms with E-state index in [2.05, 4.69) is 39.8 Å². The molecule has 0 bridgehead atoms. The van der Waals surface area contributed by atoms with E-state index in [0.29, 0.717) is 23.0 Å². The summed E-state index contributed by atoms with van der Waals surface area (Å²) in [5.74, 6) is 1.19. The summed E-state index contributed by atoms with van der Waals surface area (Å²) in [5, 5.41) is 21.7. The summed E-state index contributed by atoms with van der Waals surface area (Å²) in [5.41, 5.74) is 10.5. The molecule has 1 aliphatic rings. The fourth-order valence-corrected chi connectivity index (χ4v) is 3.54. The molecule has 4 N–H and O–H groups in total. The number of nitrogens with one attached hydrogen (secondary N) is 1. The number of hydrogen-bond acceptors (Lipinski definition) is 5. The molecule has 0 aliphatic carbocycles. The average molecular weight is 383 g/mol. The minimum Gasteiger partial charge on any atom is -0.507 e. The SMILES string of the molecule is Cl.Nc1nnc(-c2ccccc2O)cc1-c1ccc(C2CCNCC2)cc1. The van der Waals surface area contributed by atoms with Gasteiger partial charge in [0.05, 0.1) is 5.69 Å². The third-order valence-electron chi connectivity index (χ3n) is 5.03. The largest absolute Gasteiger partial charge is 0.507 e. The quantitative estimate of drug-likeness (QED) is 0.637. The van der Waals surface area contributed by atoms with E-state index in [0.717, 1.165) is 24.2 Å². The van der Waals surface area contributed by atoms with E-state index in [9.17, 15) is 5.11 Å². The first-order chi connectivity index (χ1) is 12.7. The zero-order valence-corrected chi connectivity index (χ0v) is 15.7. The maximum absolute atomic E-state index is 10.1. The lowest BCUT2D eigenvalue weighted by Crippen LogP contribution is -2.26. The van der Waals surface area contributed by atoms with Gasteiger partial charge in [-0.2, -0.15) is 0 Å². The van der Waals surface area contributed by atoms with Crippen molar-refractivity contribution in [1.29, 1.82) is 0 Å².